The van der Waals surface area contributed by atoms with Gasteiger partial charge in [0.05, 0.1) is 12.8 Å². The van der Waals surface area contributed by atoms with Crippen molar-refractivity contribution in [3.8, 4) is 5.75 Å². The first-order valence-corrected chi connectivity index (χ1v) is 8.34. The van der Waals surface area contributed by atoms with Crippen LogP contribution in [0.3, 0.4) is 0 Å². The summed E-state index contributed by atoms with van der Waals surface area (Å²) in [5.41, 5.74) is 2.00. The number of carbonyl (C=O) groups is 1. The van der Waals surface area contributed by atoms with Crippen molar-refractivity contribution in [1.82, 2.24) is 5.32 Å². The maximum Gasteiger partial charge on any atom is 0.281 e. The minimum absolute atomic E-state index is 0.178. The molecule has 1 aliphatic rings. The number of hydrogen-bond donors (Lipinski definition) is 1. The Kier molecular flexibility index (Phi) is 4.63. The third kappa shape index (κ3) is 3.23. The molecular formula is C17H13IN2O2S. The van der Waals surface area contributed by atoms with Gasteiger partial charge in [-0.25, -0.2) is 0 Å². The van der Waals surface area contributed by atoms with E-state index in [0.717, 1.165) is 14.8 Å². The highest BCUT2D eigenvalue weighted by Gasteiger charge is 2.32. The molecule has 3 rings (SSSR count). The van der Waals surface area contributed by atoms with Crippen LogP contribution >= 0.6 is 34.8 Å². The number of amides is 1. The van der Waals surface area contributed by atoms with Crippen LogP contribution in [0.4, 0.5) is 5.69 Å². The molecule has 0 spiro atoms. The van der Waals surface area contributed by atoms with Crippen LogP contribution in [-0.2, 0) is 4.79 Å². The smallest absolute Gasteiger partial charge is 0.281 e. The molecule has 0 aliphatic carbocycles. The zero-order valence-corrected chi connectivity index (χ0v) is 15.2. The van der Waals surface area contributed by atoms with Gasteiger partial charge in [0.2, 0.25) is 0 Å². The van der Waals surface area contributed by atoms with Crippen LogP contribution in [0.2, 0.25) is 0 Å². The first-order valence-electron chi connectivity index (χ1n) is 6.86. The Morgan fingerprint density at radius 1 is 1.22 bits per heavy atom. The molecule has 6 heteroatoms. The number of rotatable bonds is 3. The maximum atomic E-state index is 12.7. The van der Waals surface area contributed by atoms with Crippen LogP contribution in [-0.4, -0.2) is 18.1 Å². The van der Waals surface area contributed by atoms with Gasteiger partial charge >= 0.3 is 0 Å². The average Bonchev–Trinajstić information content (AvgIpc) is 2.82. The number of nitrogens with one attached hydrogen (secondary N) is 1. The lowest BCUT2D eigenvalue weighted by Gasteiger charge is -2.14. The third-order valence-corrected chi connectivity index (χ3v) is 4.34. The van der Waals surface area contributed by atoms with E-state index in [0.29, 0.717) is 16.6 Å². The molecule has 1 aliphatic heterocycles. The summed E-state index contributed by atoms with van der Waals surface area (Å²) in [5.74, 6) is 0.524. The number of nitrogens with zero attached hydrogens (tertiary/aromatic N) is 1. The molecule has 0 atom stereocenters. The molecule has 1 amide bonds. The first-order chi connectivity index (χ1) is 11.1. The second-order valence-corrected chi connectivity index (χ2v) is 6.48. The monoisotopic (exact) mass is 436 g/mol. The molecule has 1 saturated heterocycles. The number of benzene rings is 2. The summed E-state index contributed by atoms with van der Waals surface area (Å²) in [5, 5.41) is 3.36. The fourth-order valence-electron chi connectivity index (χ4n) is 2.33. The van der Waals surface area contributed by atoms with Crippen molar-refractivity contribution >= 4 is 57.6 Å². The molecule has 23 heavy (non-hydrogen) atoms. The van der Waals surface area contributed by atoms with E-state index in [1.807, 2.05) is 48.5 Å². The molecule has 0 radical (unpaired) electrons. The van der Waals surface area contributed by atoms with Gasteiger partial charge in [-0.05, 0) is 65.2 Å². The molecule has 2 aromatic rings. The van der Waals surface area contributed by atoms with E-state index in [9.17, 15) is 4.79 Å². The summed E-state index contributed by atoms with van der Waals surface area (Å²) < 4.78 is 6.35. The lowest BCUT2D eigenvalue weighted by molar-refractivity contribution is -0.113. The van der Waals surface area contributed by atoms with Crippen LogP contribution in [0, 0.1) is 3.57 Å². The fourth-order valence-corrected chi connectivity index (χ4v) is 3.15. The van der Waals surface area contributed by atoms with Crippen LogP contribution in [0.15, 0.2) is 54.2 Å². The van der Waals surface area contributed by atoms with E-state index in [1.165, 1.54) is 4.90 Å². The molecule has 0 unspecified atom stereocenters. The SMILES string of the molecule is COc1ccccc1/C=C1\NC(=S)N(c2cccc(I)c2)C1=O. The van der Waals surface area contributed by atoms with E-state index in [2.05, 4.69) is 27.9 Å². The second-order valence-electron chi connectivity index (χ2n) is 4.85. The molecule has 2 aromatic carbocycles. The minimum atomic E-state index is -0.178. The number of carbonyl (C=O) groups excluding carboxylic acids is 1. The summed E-state index contributed by atoms with van der Waals surface area (Å²) in [6.07, 6.45) is 1.75. The zero-order chi connectivity index (χ0) is 16.4. The number of ether oxygens (including phenoxy) is 1. The van der Waals surface area contributed by atoms with Gasteiger partial charge in [0.1, 0.15) is 11.4 Å². The predicted octanol–water partition coefficient (Wildman–Crippen LogP) is 3.56. The molecule has 4 nitrogen and oxygen atoms in total. The van der Waals surface area contributed by atoms with Crippen molar-refractivity contribution in [2.24, 2.45) is 0 Å². The van der Waals surface area contributed by atoms with E-state index < -0.39 is 0 Å². The third-order valence-electron chi connectivity index (χ3n) is 3.38. The molecule has 0 aromatic heterocycles. The van der Waals surface area contributed by atoms with Gasteiger partial charge in [-0.1, -0.05) is 24.3 Å². The summed E-state index contributed by atoms with van der Waals surface area (Å²) >= 11 is 7.52. The largest absolute Gasteiger partial charge is 0.496 e. The Morgan fingerprint density at radius 3 is 2.74 bits per heavy atom. The highest BCUT2D eigenvalue weighted by atomic mass is 127. The first kappa shape index (κ1) is 15.9. The Morgan fingerprint density at radius 2 is 2.00 bits per heavy atom. The molecule has 116 valence electrons. The Balaban J connectivity index is 1.97. The second kappa shape index (κ2) is 6.67. The molecule has 0 saturated carbocycles. The molecule has 1 fully saturated rings. The van der Waals surface area contributed by atoms with Gasteiger partial charge in [-0.15, -0.1) is 0 Å². The summed E-state index contributed by atoms with van der Waals surface area (Å²) in [6.45, 7) is 0. The van der Waals surface area contributed by atoms with Crippen molar-refractivity contribution in [1.29, 1.82) is 0 Å². The van der Waals surface area contributed by atoms with Crippen molar-refractivity contribution in [2.45, 2.75) is 0 Å². The number of halogens is 1. The lowest BCUT2D eigenvalue weighted by atomic mass is 10.1. The average molecular weight is 436 g/mol. The quantitative estimate of drug-likeness (QED) is 0.454. The van der Waals surface area contributed by atoms with Gasteiger partial charge < -0.3 is 10.1 Å². The van der Waals surface area contributed by atoms with Gasteiger partial charge in [-0.2, -0.15) is 0 Å². The number of hydrogen-bond acceptors (Lipinski definition) is 3. The topological polar surface area (TPSA) is 41.6 Å². The summed E-state index contributed by atoms with van der Waals surface area (Å²) in [4.78, 5) is 14.2. The molecule has 0 bridgehead atoms. The van der Waals surface area contributed by atoms with Gasteiger partial charge in [-0.3, -0.25) is 9.69 Å². The standard InChI is InChI=1S/C17H13IN2O2S/c1-22-15-8-3-2-5-11(15)9-14-16(21)20(17(23)19-14)13-7-4-6-12(18)10-13/h2-10H,1H3,(H,19,23)/b14-9-. The minimum Gasteiger partial charge on any atom is -0.496 e. The molecular weight excluding hydrogens is 423 g/mol. The summed E-state index contributed by atoms with van der Waals surface area (Å²) in [7, 11) is 1.60. The fraction of sp³-hybridized carbons (Fsp3) is 0.0588. The molecule has 1 N–H and O–H groups in total. The van der Waals surface area contributed by atoms with Crippen molar-refractivity contribution in [3.05, 3.63) is 63.4 Å². The Hall–Kier alpha value is -1.93. The lowest BCUT2D eigenvalue weighted by Crippen LogP contribution is -2.30. The van der Waals surface area contributed by atoms with Crippen molar-refractivity contribution < 1.29 is 9.53 Å². The Bertz CT molecular complexity index is 820. The Labute approximate surface area is 153 Å². The van der Waals surface area contributed by atoms with Crippen LogP contribution in [0.5, 0.6) is 5.75 Å². The van der Waals surface area contributed by atoms with E-state index in [-0.39, 0.29) is 5.91 Å². The van der Waals surface area contributed by atoms with E-state index >= 15 is 0 Å². The number of para-hydroxylation sites is 1. The van der Waals surface area contributed by atoms with E-state index in [4.69, 9.17) is 17.0 Å². The maximum absolute atomic E-state index is 12.7. The van der Waals surface area contributed by atoms with E-state index in [1.54, 1.807) is 13.2 Å². The number of methoxy groups -OCH3 is 1. The van der Waals surface area contributed by atoms with Gasteiger partial charge in [0.25, 0.3) is 5.91 Å². The molecule has 1 heterocycles. The van der Waals surface area contributed by atoms with Gasteiger partial charge in [0, 0.05) is 9.13 Å². The summed E-state index contributed by atoms with van der Waals surface area (Å²) in [6, 6.07) is 15.1. The van der Waals surface area contributed by atoms with Crippen LogP contribution < -0.4 is 15.0 Å². The predicted molar refractivity (Wildman–Crippen MR) is 103 cm³/mol. The number of thiocarbonyl (C=S) groups is 1. The van der Waals surface area contributed by atoms with Crippen LogP contribution in [0.25, 0.3) is 6.08 Å². The highest BCUT2D eigenvalue weighted by molar-refractivity contribution is 14.1. The van der Waals surface area contributed by atoms with Crippen molar-refractivity contribution in [3.63, 3.8) is 0 Å². The van der Waals surface area contributed by atoms with Crippen molar-refractivity contribution in [2.75, 3.05) is 12.0 Å². The highest BCUT2D eigenvalue weighted by Crippen LogP contribution is 2.26. The zero-order valence-electron chi connectivity index (χ0n) is 12.2. The normalized spacial score (nSPS) is 15.9. The number of anilines is 1. The van der Waals surface area contributed by atoms with Crippen LogP contribution in [0.1, 0.15) is 5.56 Å². The van der Waals surface area contributed by atoms with Gasteiger partial charge in [0.15, 0.2) is 5.11 Å².